The Morgan fingerprint density at radius 2 is 2.00 bits per heavy atom. The smallest absolute Gasteiger partial charge is 0.166 e. The molecular formula is C14H16O3. The lowest BCUT2D eigenvalue weighted by atomic mass is 9.77. The number of carbonyl (C=O) groups excluding carboxylic acids is 2. The number of ketones is 2. The zero-order valence-corrected chi connectivity index (χ0v) is 9.85. The molecule has 0 aliphatic heterocycles. The first-order chi connectivity index (χ1) is 8.06. The van der Waals surface area contributed by atoms with Crippen molar-refractivity contribution in [2.45, 2.75) is 31.8 Å². The molecule has 1 aliphatic carbocycles. The minimum Gasteiger partial charge on any atom is -0.377 e. The van der Waals surface area contributed by atoms with E-state index in [2.05, 4.69) is 0 Å². The summed E-state index contributed by atoms with van der Waals surface area (Å²) in [5.41, 5.74) is -1.12. The molecule has 0 saturated heterocycles. The maximum Gasteiger partial charge on any atom is 0.166 e. The van der Waals surface area contributed by atoms with Crippen LogP contribution in [0, 0.1) is 5.92 Å². The fourth-order valence-corrected chi connectivity index (χ4v) is 2.60. The number of hydrogen-bond acceptors (Lipinski definition) is 3. The maximum absolute atomic E-state index is 11.8. The summed E-state index contributed by atoms with van der Waals surface area (Å²) in [6, 6.07) is 8.76. The Kier molecular flexibility index (Phi) is 3.11. The highest BCUT2D eigenvalue weighted by Gasteiger charge is 2.48. The van der Waals surface area contributed by atoms with Crippen LogP contribution in [0.15, 0.2) is 30.3 Å². The molecule has 1 aromatic carbocycles. The van der Waals surface area contributed by atoms with Crippen molar-refractivity contribution in [2.75, 3.05) is 0 Å². The van der Waals surface area contributed by atoms with Gasteiger partial charge in [0.1, 0.15) is 5.78 Å². The number of Topliss-reactive ketones (excluding diaryl/α,β-unsaturated/α-hetero) is 2. The van der Waals surface area contributed by atoms with E-state index in [1.807, 2.05) is 6.07 Å². The van der Waals surface area contributed by atoms with Gasteiger partial charge in [0.25, 0.3) is 0 Å². The van der Waals surface area contributed by atoms with Gasteiger partial charge in [-0.25, -0.2) is 0 Å². The molecule has 0 radical (unpaired) electrons. The van der Waals surface area contributed by atoms with Gasteiger partial charge in [0.2, 0.25) is 0 Å². The fraction of sp³-hybridized carbons (Fsp3) is 0.429. The van der Waals surface area contributed by atoms with Crippen LogP contribution in [0.1, 0.15) is 31.7 Å². The molecule has 3 nitrogen and oxygen atoms in total. The van der Waals surface area contributed by atoms with Gasteiger partial charge in [-0.2, -0.15) is 0 Å². The topological polar surface area (TPSA) is 54.4 Å². The molecular weight excluding hydrogens is 216 g/mol. The Hall–Kier alpha value is -1.48. The molecule has 1 aliphatic rings. The van der Waals surface area contributed by atoms with E-state index in [-0.39, 0.29) is 11.6 Å². The van der Waals surface area contributed by atoms with E-state index in [1.165, 1.54) is 6.92 Å². The van der Waals surface area contributed by atoms with Crippen molar-refractivity contribution in [1.82, 2.24) is 0 Å². The van der Waals surface area contributed by atoms with Gasteiger partial charge in [-0.05, 0) is 25.3 Å². The number of rotatable bonds is 3. The van der Waals surface area contributed by atoms with Gasteiger partial charge in [-0.3, -0.25) is 9.59 Å². The van der Waals surface area contributed by atoms with Crippen LogP contribution in [0.3, 0.4) is 0 Å². The monoisotopic (exact) mass is 232 g/mol. The summed E-state index contributed by atoms with van der Waals surface area (Å²) in [6.07, 6.45) is 1.81. The van der Waals surface area contributed by atoms with Crippen LogP contribution < -0.4 is 0 Å². The lowest BCUT2D eigenvalue weighted by molar-refractivity contribution is -0.148. The molecule has 2 unspecified atom stereocenters. The maximum atomic E-state index is 11.8. The summed E-state index contributed by atoms with van der Waals surface area (Å²) in [6.45, 7) is 1.35. The van der Waals surface area contributed by atoms with Crippen molar-refractivity contribution in [3.8, 4) is 0 Å². The van der Waals surface area contributed by atoms with Crippen LogP contribution in [-0.4, -0.2) is 16.7 Å². The van der Waals surface area contributed by atoms with E-state index in [0.29, 0.717) is 18.4 Å². The van der Waals surface area contributed by atoms with Crippen LogP contribution in [0.2, 0.25) is 0 Å². The molecule has 1 fully saturated rings. The molecule has 1 saturated carbocycles. The highest BCUT2D eigenvalue weighted by molar-refractivity contribution is 5.95. The average molecular weight is 232 g/mol. The molecule has 90 valence electrons. The van der Waals surface area contributed by atoms with Gasteiger partial charge in [0.05, 0.1) is 5.92 Å². The predicted octanol–water partition coefficient (Wildman–Crippen LogP) is 1.83. The van der Waals surface area contributed by atoms with E-state index in [0.717, 1.165) is 6.42 Å². The van der Waals surface area contributed by atoms with Gasteiger partial charge in [0, 0.05) is 6.42 Å². The summed E-state index contributed by atoms with van der Waals surface area (Å²) in [5, 5.41) is 10.7. The predicted molar refractivity (Wildman–Crippen MR) is 63.4 cm³/mol. The molecule has 3 heteroatoms. The Balaban J connectivity index is 2.46. The minimum absolute atomic E-state index is 0.00782. The zero-order chi connectivity index (χ0) is 12.5. The molecule has 0 spiro atoms. The van der Waals surface area contributed by atoms with E-state index >= 15 is 0 Å². The van der Waals surface area contributed by atoms with E-state index in [1.54, 1.807) is 24.3 Å². The molecule has 0 heterocycles. The van der Waals surface area contributed by atoms with Crippen molar-refractivity contribution in [3.63, 3.8) is 0 Å². The number of carbonyl (C=O) groups is 2. The number of hydrogen-bond donors (Lipinski definition) is 1. The van der Waals surface area contributed by atoms with Crippen LogP contribution in [0.4, 0.5) is 0 Å². The molecule has 2 rings (SSSR count). The summed E-state index contributed by atoms with van der Waals surface area (Å²) in [5.74, 6) is -0.946. The third-order valence-electron chi connectivity index (χ3n) is 3.56. The van der Waals surface area contributed by atoms with Crippen molar-refractivity contribution < 1.29 is 14.7 Å². The quantitative estimate of drug-likeness (QED) is 0.865. The summed E-state index contributed by atoms with van der Waals surface area (Å²) < 4.78 is 0. The highest BCUT2D eigenvalue weighted by atomic mass is 16.3. The second-order valence-corrected chi connectivity index (χ2v) is 4.60. The zero-order valence-electron chi connectivity index (χ0n) is 9.85. The highest BCUT2D eigenvalue weighted by Crippen LogP contribution is 2.39. The van der Waals surface area contributed by atoms with Crippen molar-refractivity contribution in [2.24, 2.45) is 5.92 Å². The molecule has 1 aromatic rings. The van der Waals surface area contributed by atoms with E-state index in [9.17, 15) is 14.7 Å². The van der Waals surface area contributed by atoms with Gasteiger partial charge < -0.3 is 5.11 Å². The van der Waals surface area contributed by atoms with Gasteiger partial charge >= 0.3 is 0 Å². The fourth-order valence-electron chi connectivity index (χ4n) is 2.60. The first kappa shape index (κ1) is 12.0. The Morgan fingerprint density at radius 1 is 1.35 bits per heavy atom. The first-order valence-corrected chi connectivity index (χ1v) is 5.88. The standard InChI is InChI=1S/C14H16O3/c1-10(15)14(17,11-6-3-2-4-7-11)12-8-5-9-13(12)16/h2-4,6-7,12,17H,5,8-9H2,1H3. The second kappa shape index (κ2) is 4.41. The third-order valence-corrected chi connectivity index (χ3v) is 3.56. The molecule has 0 bridgehead atoms. The first-order valence-electron chi connectivity index (χ1n) is 5.88. The minimum atomic E-state index is -1.64. The second-order valence-electron chi connectivity index (χ2n) is 4.60. The van der Waals surface area contributed by atoms with Crippen molar-refractivity contribution in [1.29, 1.82) is 0 Å². The normalized spacial score (nSPS) is 23.4. The summed E-state index contributed by atoms with van der Waals surface area (Å²) in [7, 11) is 0. The van der Waals surface area contributed by atoms with E-state index < -0.39 is 11.5 Å². The summed E-state index contributed by atoms with van der Waals surface area (Å²) >= 11 is 0. The number of benzene rings is 1. The van der Waals surface area contributed by atoms with Gasteiger partial charge in [-0.15, -0.1) is 0 Å². The Bertz CT molecular complexity index is 438. The molecule has 2 atom stereocenters. The van der Waals surface area contributed by atoms with E-state index in [4.69, 9.17) is 0 Å². The summed E-state index contributed by atoms with van der Waals surface area (Å²) in [4.78, 5) is 23.6. The largest absolute Gasteiger partial charge is 0.377 e. The van der Waals surface area contributed by atoms with Gasteiger partial charge in [-0.1, -0.05) is 30.3 Å². The Labute approximate surface area is 100 Å². The van der Waals surface area contributed by atoms with Crippen LogP contribution in [-0.2, 0) is 15.2 Å². The third kappa shape index (κ3) is 1.91. The molecule has 17 heavy (non-hydrogen) atoms. The lowest BCUT2D eigenvalue weighted by Crippen LogP contribution is -2.43. The Morgan fingerprint density at radius 3 is 2.47 bits per heavy atom. The van der Waals surface area contributed by atoms with Crippen LogP contribution in [0.25, 0.3) is 0 Å². The number of aliphatic hydroxyl groups is 1. The van der Waals surface area contributed by atoms with Gasteiger partial charge in [0.15, 0.2) is 11.4 Å². The van der Waals surface area contributed by atoms with Crippen LogP contribution >= 0.6 is 0 Å². The lowest BCUT2D eigenvalue weighted by Gasteiger charge is -2.31. The molecule has 1 N–H and O–H groups in total. The van der Waals surface area contributed by atoms with Crippen molar-refractivity contribution >= 4 is 11.6 Å². The SMILES string of the molecule is CC(=O)C(O)(c1ccccc1)C1CCCC1=O. The van der Waals surface area contributed by atoms with Crippen LogP contribution in [0.5, 0.6) is 0 Å². The average Bonchev–Trinajstić information content (AvgIpc) is 2.76. The van der Waals surface area contributed by atoms with Crippen molar-refractivity contribution in [3.05, 3.63) is 35.9 Å². The molecule has 0 aromatic heterocycles. The molecule has 0 amide bonds.